The third-order valence-corrected chi connectivity index (χ3v) is 5.04. The van der Waals surface area contributed by atoms with Gasteiger partial charge >= 0.3 is 0 Å². The van der Waals surface area contributed by atoms with Crippen LogP contribution in [0.5, 0.6) is 5.75 Å². The zero-order valence-corrected chi connectivity index (χ0v) is 12.9. The first kappa shape index (κ1) is 13.7. The van der Waals surface area contributed by atoms with E-state index in [-0.39, 0.29) is 11.0 Å². The van der Waals surface area contributed by atoms with E-state index in [0.29, 0.717) is 0 Å². The maximum atomic E-state index is 9.13. The summed E-state index contributed by atoms with van der Waals surface area (Å²) in [6.07, 6.45) is 3.40. The molecule has 110 valence electrons. The summed E-state index contributed by atoms with van der Waals surface area (Å²) in [6.45, 7) is 0. The van der Waals surface area contributed by atoms with Gasteiger partial charge in [-0.3, -0.25) is 0 Å². The summed E-state index contributed by atoms with van der Waals surface area (Å²) in [5.41, 5.74) is 2.15. The molecule has 0 aromatic heterocycles. The lowest BCUT2D eigenvalue weighted by atomic mass is 9.42. The van der Waals surface area contributed by atoms with Crippen LogP contribution in [0.1, 0.15) is 30.4 Å². The Bertz CT molecular complexity index is 743. The number of rotatable bonds is 4. The van der Waals surface area contributed by atoms with Crippen LogP contribution in [-0.4, -0.2) is 5.60 Å². The van der Waals surface area contributed by atoms with Gasteiger partial charge in [-0.15, -0.1) is 0 Å². The Morgan fingerprint density at radius 1 is 1.09 bits per heavy atom. The van der Waals surface area contributed by atoms with Crippen molar-refractivity contribution in [1.82, 2.24) is 0 Å². The molecule has 3 fully saturated rings. The average molecular weight is 310 g/mol. The topological polar surface area (TPSA) is 33.0 Å². The summed E-state index contributed by atoms with van der Waals surface area (Å²) in [4.78, 5) is 0. The molecule has 0 spiro atoms. The maximum absolute atomic E-state index is 9.13. The third kappa shape index (κ3) is 2.17. The van der Waals surface area contributed by atoms with Crippen molar-refractivity contribution in [3.05, 3.63) is 64.7 Å². The van der Waals surface area contributed by atoms with Gasteiger partial charge in [-0.2, -0.15) is 5.26 Å². The van der Waals surface area contributed by atoms with Gasteiger partial charge in [0.2, 0.25) is 0 Å². The van der Waals surface area contributed by atoms with Gasteiger partial charge in [0.15, 0.2) is 0 Å². The predicted octanol–water partition coefficient (Wildman–Crippen LogP) is 4.76. The van der Waals surface area contributed by atoms with Gasteiger partial charge in [0, 0.05) is 30.7 Å². The normalized spacial score (nSPS) is 28.2. The minimum Gasteiger partial charge on any atom is -0.487 e. The van der Waals surface area contributed by atoms with Crippen LogP contribution in [-0.2, 0) is 6.42 Å². The second kappa shape index (κ2) is 4.76. The number of nitrogens with zero attached hydrogens (tertiary/aromatic N) is 1. The molecule has 0 N–H and O–H groups in total. The maximum Gasteiger partial charge on any atom is 0.123 e. The molecule has 0 amide bonds. The molecule has 2 aromatic rings. The molecule has 0 atom stereocenters. The van der Waals surface area contributed by atoms with Crippen molar-refractivity contribution in [2.45, 2.75) is 31.3 Å². The largest absolute Gasteiger partial charge is 0.487 e. The number of halogens is 1. The Morgan fingerprint density at radius 2 is 1.82 bits per heavy atom. The Kier molecular flexibility index (Phi) is 2.96. The number of hydrogen-bond acceptors (Lipinski definition) is 2. The molecule has 0 saturated heterocycles. The second-order valence-corrected chi connectivity index (χ2v) is 7.06. The fourth-order valence-corrected chi connectivity index (χ4v) is 3.95. The standard InChI is InChI=1S/C19H16ClNO/c20-16-6-7-17(22-19-10-18(11-19,12-19)13-21)15(9-16)8-14-4-2-1-3-5-14/h1-7,9H,8,10-12H2. The number of hydrogen-bond donors (Lipinski definition) is 0. The molecule has 3 saturated carbocycles. The zero-order chi connectivity index (χ0) is 15.2. The molecule has 22 heavy (non-hydrogen) atoms. The van der Waals surface area contributed by atoms with Gasteiger partial charge in [0.1, 0.15) is 11.4 Å². The van der Waals surface area contributed by atoms with Crippen LogP contribution >= 0.6 is 11.6 Å². The van der Waals surface area contributed by atoms with Crippen molar-refractivity contribution < 1.29 is 4.74 Å². The van der Waals surface area contributed by atoms with Crippen molar-refractivity contribution in [3.8, 4) is 11.8 Å². The molecule has 2 nitrogen and oxygen atoms in total. The van der Waals surface area contributed by atoms with E-state index < -0.39 is 0 Å². The first-order valence-corrected chi connectivity index (χ1v) is 7.93. The van der Waals surface area contributed by atoms with Crippen LogP contribution in [0.25, 0.3) is 0 Å². The van der Waals surface area contributed by atoms with Crippen LogP contribution in [0.15, 0.2) is 48.5 Å². The van der Waals surface area contributed by atoms with Gasteiger partial charge in [-0.05, 0) is 29.3 Å². The molecule has 3 aliphatic carbocycles. The predicted molar refractivity (Wildman–Crippen MR) is 86.0 cm³/mol. The Hall–Kier alpha value is -1.98. The minimum atomic E-state index is -0.102. The quantitative estimate of drug-likeness (QED) is 0.816. The van der Waals surface area contributed by atoms with Crippen molar-refractivity contribution in [2.75, 3.05) is 0 Å². The Labute approximate surface area is 135 Å². The molecule has 2 bridgehead atoms. The molecular formula is C19H16ClNO. The Morgan fingerprint density at radius 3 is 2.50 bits per heavy atom. The molecule has 0 unspecified atom stereocenters. The summed E-state index contributed by atoms with van der Waals surface area (Å²) in [6, 6.07) is 18.5. The van der Waals surface area contributed by atoms with Gasteiger partial charge in [0.05, 0.1) is 11.5 Å². The summed E-state index contributed by atoms with van der Waals surface area (Å²) < 4.78 is 6.28. The first-order valence-electron chi connectivity index (χ1n) is 7.55. The molecule has 3 heteroatoms. The van der Waals surface area contributed by atoms with E-state index >= 15 is 0 Å². The lowest BCUT2D eigenvalue weighted by Gasteiger charge is -2.65. The molecular weight excluding hydrogens is 294 g/mol. The highest BCUT2D eigenvalue weighted by molar-refractivity contribution is 6.30. The van der Waals surface area contributed by atoms with Gasteiger partial charge in [-0.25, -0.2) is 0 Å². The van der Waals surface area contributed by atoms with Crippen molar-refractivity contribution in [3.63, 3.8) is 0 Å². The molecule has 3 aliphatic rings. The smallest absolute Gasteiger partial charge is 0.123 e. The van der Waals surface area contributed by atoms with E-state index in [9.17, 15) is 0 Å². The van der Waals surface area contributed by atoms with Crippen LogP contribution in [0.3, 0.4) is 0 Å². The van der Waals surface area contributed by atoms with Gasteiger partial charge in [-0.1, -0.05) is 41.9 Å². The minimum absolute atomic E-state index is 0.0913. The fourth-order valence-electron chi connectivity index (χ4n) is 3.76. The van der Waals surface area contributed by atoms with E-state index in [1.54, 1.807) is 0 Å². The highest BCUT2D eigenvalue weighted by Gasteiger charge is 2.71. The van der Waals surface area contributed by atoms with Crippen LogP contribution in [0.4, 0.5) is 0 Å². The summed E-state index contributed by atoms with van der Waals surface area (Å²) in [7, 11) is 0. The molecule has 2 aromatic carbocycles. The SMILES string of the molecule is N#CC12CC(Oc3ccc(Cl)cc3Cc3ccccc3)(C1)C2. The van der Waals surface area contributed by atoms with Crippen LogP contribution < -0.4 is 4.74 Å². The summed E-state index contributed by atoms with van der Waals surface area (Å²) in [5, 5.41) is 9.85. The number of nitriles is 1. The molecule has 0 heterocycles. The molecule has 0 aliphatic heterocycles. The highest BCUT2D eigenvalue weighted by atomic mass is 35.5. The van der Waals surface area contributed by atoms with Gasteiger partial charge < -0.3 is 4.74 Å². The van der Waals surface area contributed by atoms with Crippen molar-refractivity contribution >= 4 is 11.6 Å². The highest BCUT2D eigenvalue weighted by Crippen LogP contribution is 2.68. The lowest BCUT2D eigenvalue weighted by molar-refractivity contribution is -0.211. The Balaban J connectivity index is 1.57. The van der Waals surface area contributed by atoms with E-state index in [1.807, 2.05) is 36.4 Å². The van der Waals surface area contributed by atoms with Gasteiger partial charge in [0.25, 0.3) is 0 Å². The summed E-state index contributed by atoms with van der Waals surface area (Å²) >= 11 is 6.16. The van der Waals surface area contributed by atoms with E-state index in [4.69, 9.17) is 21.6 Å². The first-order chi connectivity index (χ1) is 10.6. The lowest BCUT2D eigenvalue weighted by Crippen LogP contribution is -2.69. The van der Waals surface area contributed by atoms with Crippen molar-refractivity contribution in [1.29, 1.82) is 5.26 Å². The fraction of sp³-hybridized carbons (Fsp3) is 0.316. The molecule has 0 radical (unpaired) electrons. The molecule has 5 rings (SSSR count). The number of benzene rings is 2. The van der Waals surface area contributed by atoms with Crippen LogP contribution in [0, 0.1) is 16.7 Å². The van der Waals surface area contributed by atoms with E-state index in [0.717, 1.165) is 42.0 Å². The summed E-state index contributed by atoms with van der Waals surface area (Å²) in [5.74, 6) is 0.902. The number of ether oxygens (including phenoxy) is 1. The van der Waals surface area contributed by atoms with Crippen LogP contribution in [0.2, 0.25) is 5.02 Å². The average Bonchev–Trinajstić information content (AvgIpc) is 2.44. The second-order valence-electron chi connectivity index (χ2n) is 6.62. The monoisotopic (exact) mass is 309 g/mol. The van der Waals surface area contributed by atoms with E-state index in [1.165, 1.54) is 5.56 Å². The van der Waals surface area contributed by atoms with Crippen molar-refractivity contribution in [2.24, 2.45) is 5.41 Å². The zero-order valence-electron chi connectivity index (χ0n) is 12.2. The third-order valence-electron chi connectivity index (χ3n) is 4.81. The van der Waals surface area contributed by atoms with E-state index in [2.05, 4.69) is 18.2 Å².